The molecule has 2 N–H and O–H groups in total. The van der Waals surface area contributed by atoms with Gasteiger partial charge in [0.15, 0.2) is 0 Å². The SMILES string of the molecule is C=NC.CC.CCC1C=C(C(=O)NCc2ccc(S(=O)C(C)CCN(CC)C(C)C)c(C)c2)C=NC1NC. The van der Waals surface area contributed by atoms with Gasteiger partial charge in [-0.2, -0.15) is 0 Å². The minimum atomic E-state index is -1.05. The molecule has 0 aromatic heterocycles. The van der Waals surface area contributed by atoms with Crippen molar-refractivity contribution in [2.45, 2.75) is 97.1 Å². The topological polar surface area (TPSA) is 86.2 Å². The lowest BCUT2D eigenvalue weighted by atomic mass is 9.97. The van der Waals surface area contributed by atoms with E-state index in [1.807, 2.05) is 52.1 Å². The summed E-state index contributed by atoms with van der Waals surface area (Å²) < 4.78 is 13.1. The fourth-order valence-corrected chi connectivity index (χ4v) is 5.52. The summed E-state index contributed by atoms with van der Waals surface area (Å²) in [5.74, 6) is 0.0977. The number of nitrogens with one attached hydrogen (secondary N) is 2. The zero-order valence-electron chi connectivity index (χ0n) is 25.5. The number of carbonyl (C=O) groups excluding carboxylic acids is 1. The van der Waals surface area contributed by atoms with Crippen molar-refractivity contribution in [2.24, 2.45) is 15.9 Å². The fraction of sp³-hybridized carbons (Fsp3) is 0.633. The first kappa shape index (κ1) is 35.8. The largest absolute Gasteiger partial charge is 0.348 e. The number of dihydropyridines is 1. The zero-order valence-corrected chi connectivity index (χ0v) is 26.3. The number of rotatable bonds is 12. The molecule has 0 saturated heterocycles. The molecule has 38 heavy (non-hydrogen) atoms. The highest BCUT2D eigenvalue weighted by molar-refractivity contribution is 7.85. The van der Waals surface area contributed by atoms with Gasteiger partial charge in [-0.15, -0.1) is 0 Å². The molecule has 1 aromatic carbocycles. The Labute approximate surface area is 235 Å². The van der Waals surface area contributed by atoms with Crippen LogP contribution in [-0.2, 0) is 22.1 Å². The van der Waals surface area contributed by atoms with Crippen LogP contribution in [-0.4, -0.2) is 72.6 Å². The average Bonchev–Trinajstić information content (AvgIpc) is 2.92. The van der Waals surface area contributed by atoms with Crippen molar-refractivity contribution in [3.63, 3.8) is 0 Å². The van der Waals surface area contributed by atoms with E-state index >= 15 is 0 Å². The van der Waals surface area contributed by atoms with E-state index in [1.165, 1.54) is 0 Å². The molecule has 0 radical (unpaired) electrons. The highest BCUT2D eigenvalue weighted by Crippen LogP contribution is 2.21. The van der Waals surface area contributed by atoms with Crippen LogP contribution < -0.4 is 10.6 Å². The molecule has 1 aliphatic rings. The second-order valence-corrected chi connectivity index (χ2v) is 11.3. The number of benzene rings is 1. The summed E-state index contributed by atoms with van der Waals surface area (Å²) in [5, 5.41) is 6.25. The van der Waals surface area contributed by atoms with E-state index in [0.717, 1.165) is 42.0 Å². The number of hydrogen-bond acceptors (Lipinski definition) is 6. The third-order valence-corrected chi connectivity index (χ3v) is 8.29. The maximum atomic E-state index is 13.1. The number of carbonyl (C=O) groups is 1. The summed E-state index contributed by atoms with van der Waals surface area (Å²) in [5.41, 5.74) is 2.61. The molecule has 0 aliphatic carbocycles. The number of nitrogens with zero attached hydrogens (tertiary/aromatic N) is 3. The highest BCUT2D eigenvalue weighted by atomic mass is 32.2. The van der Waals surface area contributed by atoms with Crippen molar-refractivity contribution >= 4 is 29.6 Å². The van der Waals surface area contributed by atoms with E-state index in [1.54, 1.807) is 13.3 Å². The number of amides is 1. The number of aryl methyl sites for hydroxylation is 1. The predicted octanol–water partition coefficient (Wildman–Crippen LogP) is 5.15. The van der Waals surface area contributed by atoms with Crippen molar-refractivity contribution in [1.29, 1.82) is 0 Å². The Balaban J connectivity index is 0.00000255. The lowest BCUT2D eigenvalue weighted by Gasteiger charge is -2.26. The molecule has 1 heterocycles. The van der Waals surface area contributed by atoms with Crippen LogP contribution in [0.5, 0.6) is 0 Å². The van der Waals surface area contributed by atoms with Gasteiger partial charge in [-0.25, -0.2) is 0 Å². The summed E-state index contributed by atoms with van der Waals surface area (Å²) in [6.45, 7) is 22.2. The van der Waals surface area contributed by atoms with E-state index in [4.69, 9.17) is 0 Å². The molecule has 216 valence electrons. The fourth-order valence-electron chi connectivity index (χ4n) is 4.18. The lowest BCUT2D eigenvalue weighted by molar-refractivity contribution is -0.117. The Morgan fingerprint density at radius 1 is 1.24 bits per heavy atom. The Bertz CT molecular complexity index is 929. The van der Waals surface area contributed by atoms with Crippen LogP contribution >= 0.6 is 0 Å². The molecule has 0 bridgehead atoms. The first-order valence-electron chi connectivity index (χ1n) is 13.9. The van der Waals surface area contributed by atoms with Crippen molar-refractivity contribution in [2.75, 3.05) is 27.2 Å². The van der Waals surface area contributed by atoms with Crippen molar-refractivity contribution < 1.29 is 9.00 Å². The van der Waals surface area contributed by atoms with Gasteiger partial charge in [-0.05, 0) is 77.7 Å². The van der Waals surface area contributed by atoms with Crippen molar-refractivity contribution in [3.05, 3.63) is 41.0 Å². The van der Waals surface area contributed by atoms with Crippen LogP contribution in [0.3, 0.4) is 0 Å². The standard InChI is InChI=1S/C26H42N4O2S.C2H5N.C2H6/c1-8-22-15-23(17-28-25(22)27-7)26(31)29-16-21-10-11-24(19(5)14-21)33(32)20(6)12-13-30(9-2)18(3)4;1-3-2;1-2/h10-11,14-15,17-18,20,22,25,27H,8-9,12-13,16H2,1-7H3,(H,29,31);1H2,2H3;1-2H3. The van der Waals surface area contributed by atoms with Gasteiger partial charge in [0, 0.05) is 41.9 Å². The van der Waals surface area contributed by atoms with E-state index < -0.39 is 10.8 Å². The highest BCUT2D eigenvalue weighted by Gasteiger charge is 2.22. The molecule has 7 nitrogen and oxygen atoms in total. The van der Waals surface area contributed by atoms with Crippen LogP contribution in [0.2, 0.25) is 0 Å². The molecule has 0 spiro atoms. The first-order chi connectivity index (χ1) is 18.1. The van der Waals surface area contributed by atoms with Crippen molar-refractivity contribution in [1.82, 2.24) is 15.5 Å². The zero-order chi connectivity index (χ0) is 29.3. The van der Waals surface area contributed by atoms with E-state index in [0.29, 0.717) is 18.2 Å². The minimum Gasteiger partial charge on any atom is -0.348 e. The summed E-state index contributed by atoms with van der Waals surface area (Å²) in [6, 6.07) is 6.45. The summed E-state index contributed by atoms with van der Waals surface area (Å²) in [4.78, 5) is 23.6. The van der Waals surface area contributed by atoms with Crippen LogP contribution in [0.4, 0.5) is 0 Å². The Kier molecular flexibility index (Phi) is 18.7. The van der Waals surface area contributed by atoms with Gasteiger partial charge in [-0.1, -0.05) is 52.8 Å². The molecule has 8 heteroatoms. The average molecular weight is 548 g/mol. The normalized spacial score (nSPS) is 17.9. The number of aliphatic imine (C=N–C) groups is 2. The summed E-state index contributed by atoms with van der Waals surface area (Å²) in [7, 11) is 2.47. The Hall–Kier alpha value is -2.16. The smallest absolute Gasteiger partial charge is 0.252 e. The molecule has 2 rings (SSSR count). The third kappa shape index (κ3) is 11.7. The second kappa shape index (κ2) is 19.8. The van der Waals surface area contributed by atoms with Gasteiger partial charge in [0.25, 0.3) is 5.91 Å². The molecule has 4 unspecified atom stereocenters. The minimum absolute atomic E-state index is 0.0282. The molecule has 1 amide bonds. The van der Waals surface area contributed by atoms with Crippen LogP contribution in [0.1, 0.15) is 72.4 Å². The molecular formula is C30H53N5O2S. The second-order valence-electron chi connectivity index (χ2n) is 9.42. The molecule has 0 saturated carbocycles. The van der Waals surface area contributed by atoms with Crippen molar-refractivity contribution in [3.8, 4) is 0 Å². The lowest BCUT2D eigenvalue weighted by Crippen LogP contribution is -2.35. The van der Waals surface area contributed by atoms with Gasteiger partial charge < -0.3 is 15.2 Å². The molecule has 0 fully saturated rings. The Morgan fingerprint density at radius 2 is 1.87 bits per heavy atom. The van der Waals surface area contributed by atoms with E-state index in [-0.39, 0.29) is 23.2 Å². The molecule has 4 atom stereocenters. The van der Waals surface area contributed by atoms with Gasteiger partial charge in [-0.3, -0.25) is 19.3 Å². The maximum absolute atomic E-state index is 13.1. The van der Waals surface area contributed by atoms with Gasteiger partial charge >= 0.3 is 0 Å². The summed E-state index contributed by atoms with van der Waals surface area (Å²) in [6.07, 6.45) is 5.51. The molecular weight excluding hydrogens is 494 g/mol. The summed E-state index contributed by atoms with van der Waals surface area (Å²) >= 11 is 0. The van der Waals surface area contributed by atoms with E-state index in [9.17, 15) is 9.00 Å². The maximum Gasteiger partial charge on any atom is 0.252 e. The van der Waals surface area contributed by atoms with E-state index in [2.05, 4.69) is 66.9 Å². The quantitative estimate of drug-likeness (QED) is 0.354. The predicted molar refractivity (Wildman–Crippen MR) is 166 cm³/mol. The number of hydrogen-bond donors (Lipinski definition) is 2. The van der Waals surface area contributed by atoms with Crippen LogP contribution in [0.15, 0.2) is 44.7 Å². The molecule has 1 aliphatic heterocycles. The van der Waals surface area contributed by atoms with Gasteiger partial charge in [0.1, 0.15) is 6.17 Å². The first-order valence-corrected chi connectivity index (χ1v) is 15.1. The van der Waals surface area contributed by atoms with Crippen LogP contribution in [0, 0.1) is 12.8 Å². The third-order valence-electron chi connectivity index (χ3n) is 6.44. The molecule has 1 aromatic rings. The Morgan fingerprint density at radius 3 is 2.37 bits per heavy atom. The van der Waals surface area contributed by atoms with Gasteiger partial charge in [0.05, 0.1) is 16.4 Å². The van der Waals surface area contributed by atoms with Crippen LogP contribution in [0.25, 0.3) is 0 Å². The monoisotopic (exact) mass is 547 g/mol. The van der Waals surface area contributed by atoms with Gasteiger partial charge in [0.2, 0.25) is 0 Å².